The first-order chi connectivity index (χ1) is 8.56. The van der Waals surface area contributed by atoms with E-state index in [1.807, 2.05) is 6.92 Å². The number of hydrogen-bond donors (Lipinski definition) is 2. The van der Waals surface area contributed by atoms with Crippen LogP contribution < -0.4 is 5.32 Å². The highest BCUT2D eigenvalue weighted by atomic mass is 35.5. The molecule has 0 saturated carbocycles. The Morgan fingerprint density at radius 1 is 1.56 bits per heavy atom. The van der Waals surface area contributed by atoms with E-state index < -0.39 is 0 Å². The van der Waals surface area contributed by atoms with Crippen LogP contribution in [0.15, 0.2) is 12.1 Å². The molecule has 2 N–H and O–H groups in total. The average molecular weight is 271 g/mol. The molecule has 1 heterocycles. The number of carbonyl (C=O) groups is 1. The van der Waals surface area contributed by atoms with Gasteiger partial charge in [-0.3, -0.25) is 4.79 Å². The molecule has 0 radical (unpaired) electrons. The van der Waals surface area contributed by atoms with Crippen molar-refractivity contribution in [3.05, 3.63) is 28.5 Å². The summed E-state index contributed by atoms with van der Waals surface area (Å²) < 4.78 is 0. The maximum Gasteiger partial charge on any atom is 0.251 e. The molecule has 100 valence electrons. The van der Waals surface area contributed by atoms with Gasteiger partial charge in [0.05, 0.1) is 0 Å². The largest absolute Gasteiger partial charge is 0.396 e. The van der Waals surface area contributed by atoms with Crippen LogP contribution in [0.5, 0.6) is 0 Å². The van der Waals surface area contributed by atoms with Crippen LogP contribution in [-0.2, 0) is 0 Å². The van der Waals surface area contributed by atoms with Gasteiger partial charge in [-0.05, 0) is 31.4 Å². The number of pyridine rings is 1. The highest BCUT2D eigenvalue weighted by Crippen LogP contribution is 2.11. The number of nitrogens with zero attached hydrogens (tertiary/aromatic N) is 1. The number of rotatable bonds is 6. The Balaban J connectivity index is 2.59. The molecule has 0 aliphatic rings. The minimum atomic E-state index is -0.154. The Hall–Kier alpha value is -1.13. The molecule has 0 aliphatic heterocycles. The molecule has 4 nitrogen and oxygen atoms in total. The van der Waals surface area contributed by atoms with Gasteiger partial charge in [-0.15, -0.1) is 0 Å². The Bertz CT molecular complexity index is 390. The Morgan fingerprint density at radius 2 is 2.28 bits per heavy atom. The van der Waals surface area contributed by atoms with Gasteiger partial charge in [-0.1, -0.05) is 24.9 Å². The van der Waals surface area contributed by atoms with Gasteiger partial charge in [0, 0.05) is 24.4 Å². The molecule has 0 spiro atoms. The summed E-state index contributed by atoms with van der Waals surface area (Å²) in [5.41, 5.74) is 1.24. The van der Waals surface area contributed by atoms with Gasteiger partial charge in [0.2, 0.25) is 0 Å². The summed E-state index contributed by atoms with van der Waals surface area (Å²) in [7, 11) is 0. The lowest BCUT2D eigenvalue weighted by atomic mass is 10.0. The lowest BCUT2D eigenvalue weighted by Gasteiger charge is -2.14. The van der Waals surface area contributed by atoms with Gasteiger partial charge in [0.15, 0.2) is 0 Å². The second-order valence-corrected chi connectivity index (χ2v) is 4.70. The average Bonchev–Trinajstić information content (AvgIpc) is 2.32. The maximum atomic E-state index is 11.9. The SMILES string of the molecule is CCC(CCO)CNC(=O)c1cc(C)nc(Cl)c1. The van der Waals surface area contributed by atoms with E-state index in [-0.39, 0.29) is 12.5 Å². The second-order valence-electron chi connectivity index (χ2n) is 4.32. The summed E-state index contributed by atoms with van der Waals surface area (Å²) in [5, 5.41) is 12.1. The standard InChI is InChI=1S/C13H19ClN2O2/c1-3-10(4-5-17)8-15-13(18)11-6-9(2)16-12(14)7-11/h6-7,10,17H,3-5,8H2,1-2H3,(H,15,18). The van der Waals surface area contributed by atoms with Crippen LogP contribution in [0.2, 0.25) is 5.15 Å². The molecule has 0 saturated heterocycles. The number of aliphatic hydroxyl groups is 1. The summed E-state index contributed by atoms with van der Waals surface area (Å²) in [4.78, 5) is 15.9. The molecule has 1 amide bonds. The number of halogens is 1. The van der Waals surface area contributed by atoms with Crippen LogP contribution in [0.1, 0.15) is 35.8 Å². The van der Waals surface area contributed by atoms with Gasteiger partial charge in [0.25, 0.3) is 5.91 Å². The number of aryl methyl sites for hydroxylation is 1. The van der Waals surface area contributed by atoms with Crippen molar-refractivity contribution in [2.24, 2.45) is 5.92 Å². The smallest absolute Gasteiger partial charge is 0.251 e. The minimum absolute atomic E-state index is 0.147. The zero-order chi connectivity index (χ0) is 13.5. The van der Waals surface area contributed by atoms with Crippen molar-refractivity contribution in [3.8, 4) is 0 Å². The number of carbonyl (C=O) groups excluding carboxylic acids is 1. The van der Waals surface area contributed by atoms with E-state index in [1.165, 1.54) is 0 Å². The van der Waals surface area contributed by atoms with E-state index in [0.29, 0.717) is 29.6 Å². The van der Waals surface area contributed by atoms with Crippen molar-refractivity contribution < 1.29 is 9.90 Å². The number of nitrogens with one attached hydrogen (secondary N) is 1. The predicted molar refractivity (Wildman–Crippen MR) is 71.8 cm³/mol. The Morgan fingerprint density at radius 3 is 2.83 bits per heavy atom. The van der Waals surface area contributed by atoms with E-state index in [9.17, 15) is 4.79 Å². The van der Waals surface area contributed by atoms with Gasteiger partial charge in [-0.25, -0.2) is 4.98 Å². The molecule has 18 heavy (non-hydrogen) atoms. The molecule has 1 atom stereocenters. The summed E-state index contributed by atoms with van der Waals surface area (Å²) >= 11 is 5.81. The van der Waals surface area contributed by atoms with Crippen molar-refractivity contribution in [2.75, 3.05) is 13.2 Å². The van der Waals surface area contributed by atoms with E-state index in [1.54, 1.807) is 19.1 Å². The number of aromatic nitrogens is 1. The third-order valence-corrected chi connectivity index (χ3v) is 3.04. The first-order valence-corrected chi connectivity index (χ1v) is 6.47. The first-order valence-electron chi connectivity index (χ1n) is 6.10. The zero-order valence-corrected chi connectivity index (χ0v) is 11.5. The Kier molecular flexibility index (Phi) is 6.09. The number of amides is 1. The van der Waals surface area contributed by atoms with Crippen molar-refractivity contribution in [1.29, 1.82) is 0 Å². The van der Waals surface area contributed by atoms with Crippen LogP contribution in [-0.4, -0.2) is 29.1 Å². The van der Waals surface area contributed by atoms with Crippen molar-refractivity contribution in [1.82, 2.24) is 10.3 Å². The van der Waals surface area contributed by atoms with Crippen molar-refractivity contribution >= 4 is 17.5 Å². The van der Waals surface area contributed by atoms with Crippen LogP contribution in [0.4, 0.5) is 0 Å². The highest BCUT2D eigenvalue weighted by molar-refractivity contribution is 6.29. The molecule has 1 aromatic rings. The molecule has 1 unspecified atom stereocenters. The van der Waals surface area contributed by atoms with E-state index in [4.69, 9.17) is 16.7 Å². The first kappa shape index (κ1) is 14.9. The lowest BCUT2D eigenvalue weighted by molar-refractivity contribution is 0.0943. The van der Waals surface area contributed by atoms with E-state index in [2.05, 4.69) is 10.3 Å². The third kappa shape index (κ3) is 4.63. The Labute approximate surface area is 112 Å². The molecule has 0 aromatic carbocycles. The lowest BCUT2D eigenvalue weighted by Crippen LogP contribution is -2.29. The third-order valence-electron chi connectivity index (χ3n) is 2.85. The van der Waals surface area contributed by atoms with E-state index in [0.717, 1.165) is 12.1 Å². The molecule has 1 rings (SSSR count). The summed E-state index contributed by atoms with van der Waals surface area (Å²) in [6.07, 6.45) is 1.63. The summed E-state index contributed by atoms with van der Waals surface area (Å²) in [5.74, 6) is 0.149. The van der Waals surface area contributed by atoms with Gasteiger partial charge in [-0.2, -0.15) is 0 Å². The molecule has 0 aliphatic carbocycles. The van der Waals surface area contributed by atoms with Gasteiger partial charge >= 0.3 is 0 Å². The van der Waals surface area contributed by atoms with Crippen molar-refractivity contribution in [2.45, 2.75) is 26.7 Å². The molecular formula is C13H19ClN2O2. The predicted octanol–water partition coefficient (Wildman–Crippen LogP) is 2.18. The second kappa shape index (κ2) is 7.34. The highest BCUT2D eigenvalue weighted by Gasteiger charge is 2.11. The van der Waals surface area contributed by atoms with Crippen LogP contribution >= 0.6 is 11.6 Å². The minimum Gasteiger partial charge on any atom is -0.396 e. The fourth-order valence-corrected chi connectivity index (χ4v) is 1.98. The monoisotopic (exact) mass is 270 g/mol. The summed E-state index contributed by atoms with van der Waals surface area (Å²) in [6, 6.07) is 3.26. The molecule has 0 bridgehead atoms. The van der Waals surface area contributed by atoms with Crippen LogP contribution in [0.3, 0.4) is 0 Å². The fourth-order valence-electron chi connectivity index (χ4n) is 1.73. The van der Waals surface area contributed by atoms with E-state index >= 15 is 0 Å². The molecule has 5 heteroatoms. The maximum absolute atomic E-state index is 11.9. The summed E-state index contributed by atoms with van der Waals surface area (Å²) in [6.45, 7) is 4.55. The molecule has 1 aromatic heterocycles. The molecular weight excluding hydrogens is 252 g/mol. The number of hydrogen-bond acceptors (Lipinski definition) is 3. The van der Waals surface area contributed by atoms with Gasteiger partial charge < -0.3 is 10.4 Å². The fraction of sp³-hybridized carbons (Fsp3) is 0.538. The van der Waals surface area contributed by atoms with Crippen LogP contribution in [0.25, 0.3) is 0 Å². The molecule has 0 fully saturated rings. The van der Waals surface area contributed by atoms with Crippen molar-refractivity contribution in [3.63, 3.8) is 0 Å². The zero-order valence-electron chi connectivity index (χ0n) is 10.7. The normalized spacial score (nSPS) is 12.2. The quantitative estimate of drug-likeness (QED) is 0.779. The van der Waals surface area contributed by atoms with Crippen LogP contribution in [0, 0.1) is 12.8 Å². The number of aliphatic hydroxyl groups excluding tert-OH is 1. The van der Waals surface area contributed by atoms with Gasteiger partial charge in [0.1, 0.15) is 5.15 Å². The topological polar surface area (TPSA) is 62.2 Å².